The van der Waals surface area contributed by atoms with Crippen LogP contribution in [0.3, 0.4) is 0 Å². The van der Waals surface area contributed by atoms with Crippen molar-refractivity contribution in [3.05, 3.63) is 12.2 Å². The van der Waals surface area contributed by atoms with E-state index in [4.69, 9.17) is 17.0 Å². The minimum absolute atomic E-state index is 0.00625. The van der Waals surface area contributed by atoms with E-state index in [0.29, 0.717) is 24.4 Å². The first-order valence-corrected chi connectivity index (χ1v) is 20.9. The average molecular weight is 715 g/mol. The van der Waals surface area contributed by atoms with Crippen molar-refractivity contribution in [2.45, 2.75) is 223 Å². The van der Waals surface area contributed by atoms with Crippen molar-refractivity contribution in [3.8, 4) is 0 Å². The molecule has 0 aromatic heterocycles. The first-order chi connectivity index (χ1) is 23.8. The van der Waals surface area contributed by atoms with Crippen LogP contribution in [0, 0.1) is 0 Å². The number of ether oxygens (including phenoxy) is 1. The van der Waals surface area contributed by atoms with Crippen molar-refractivity contribution in [2.75, 3.05) is 13.2 Å². The summed E-state index contributed by atoms with van der Waals surface area (Å²) in [6, 6.07) is -0.626. The molecule has 1 aliphatic rings. The molecule has 0 heterocycles. The maximum absolute atomic E-state index is 10.8. The molecule has 0 spiro atoms. The van der Waals surface area contributed by atoms with E-state index in [-0.39, 0.29) is 13.0 Å². The van der Waals surface area contributed by atoms with Gasteiger partial charge in [-0.15, -0.1) is 0 Å². The van der Waals surface area contributed by atoms with Gasteiger partial charge in [-0.3, -0.25) is 0 Å². The van der Waals surface area contributed by atoms with Gasteiger partial charge in [0.05, 0.1) is 31.0 Å². The Morgan fingerprint density at radius 1 is 0.714 bits per heavy atom. The molecule has 7 N–H and O–H groups in total. The molecular weight excluding hydrogens is 637 g/mol. The number of unbranched alkanes of at least 4 members (excludes halogenated alkanes) is 21. The third-order valence-corrected chi connectivity index (χ3v) is 10.3. The largest absolute Gasteiger partial charge is 0.393 e. The number of hydrogen-bond donors (Lipinski definition) is 7. The number of aliphatic hydroxyl groups excluding tert-OH is 5. The molecule has 0 saturated heterocycles. The Labute approximate surface area is 306 Å². The summed E-state index contributed by atoms with van der Waals surface area (Å²) in [6.45, 7) is 4.87. The molecule has 0 amide bonds. The molecule has 49 heavy (non-hydrogen) atoms. The van der Waals surface area contributed by atoms with Gasteiger partial charge >= 0.3 is 0 Å². The molecule has 0 fully saturated rings. The van der Waals surface area contributed by atoms with E-state index in [0.717, 1.165) is 19.4 Å². The topological polar surface area (TPSA) is 134 Å². The molecule has 0 saturated carbocycles. The lowest BCUT2D eigenvalue weighted by atomic mass is 9.96. The highest BCUT2D eigenvalue weighted by Crippen LogP contribution is 2.19. The summed E-state index contributed by atoms with van der Waals surface area (Å²) >= 11 is 5.50. The lowest BCUT2D eigenvalue weighted by Crippen LogP contribution is -2.52. The lowest BCUT2D eigenvalue weighted by molar-refractivity contribution is -0.117. The van der Waals surface area contributed by atoms with Gasteiger partial charge in [0.25, 0.3) is 0 Å². The molecule has 0 aliphatic heterocycles. The highest BCUT2D eigenvalue weighted by Gasteiger charge is 2.33. The van der Waals surface area contributed by atoms with Crippen LogP contribution < -0.4 is 10.6 Å². The molecular formula is C40H78N2O6S. The van der Waals surface area contributed by atoms with Gasteiger partial charge in [0.15, 0.2) is 5.11 Å². The predicted molar refractivity (Wildman–Crippen MR) is 208 cm³/mol. The van der Waals surface area contributed by atoms with E-state index in [1.165, 1.54) is 128 Å². The van der Waals surface area contributed by atoms with E-state index >= 15 is 0 Å². The second kappa shape index (κ2) is 31.9. The summed E-state index contributed by atoms with van der Waals surface area (Å²) in [6.07, 6.45) is 29.0. The van der Waals surface area contributed by atoms with Crippen LogP contribution in [0.15, 0.2) is 12.2 Å². The Hall–Kier alpha value is -0.810. The van der Waals surface area contributed by atoms with Gasteiger partial charge in [-0.05, 0) is 37.9 Å². The number of allylic oxidation sites excluding steroid dienone is 1. The minimum atomic E-state index is -1.32. The van der Waals surface area contributed by atoms with E-state index < -0.39 is 42.7 Å². The van der Waals surface area contributed by atoms with Gasteiger partial charge < -0.3 is 40.9 Å². The Morgan fingerprint density at radius 2 is 1.18 bits per heavy atom. The molecule has 7 atom stereocenters. The van der Waals surface area contributed by atoms with E-state index in [9.17, 15) is 25.5 Å². The van der Waals surface area contributed by atoms with Gasteiger partial charge in [0, 0.05) is 13.0 Å². The summed E-state index contributed by atoms with van der Waals surface area (Å²) in [4.78, 5) is 0. The van der Waals surface area contributed by atoms with Crippen LogP contribution in [0.25, 0.3) is 0 Å². The van der Waals surface area contributed by atoms with Crippen molar-refractivity contribution in [1.29, 1.82) is 0 Å². The third-order valence-electron chi connectivity index (χ3n) is 10.1. The zero-order chi connectivity index (χ0) is 36.0. The molecule has 0 aromatic rings. The summed E-state index contributed by atoms with van der Waals surface area (Å²) < 4.78 is 5.90. The third kappa shape index (κ3) is 24.9. The number of rotatable bonds is 31. The Balaban J connectivity index is 2.10. The molecule has 9 heteroatoms. The summed E-state index contributed by atoms with van der Waals surface area (Å²) in [5, 5.41) is 58.6. The van der Waals surface area contributed by atoms with E-state index in [1.807, 2.05) is 13.0 Å². The fraction of sp³-hybridized carbons (Fsp3) is 0.925. The zero-order valence-corrected chi connectivity index (χ0v) is 32.4. The Bertz CT molecular complexity index is 790. The van der Waals surface area contributed by atoms with Crippen LogP contribution in [0.5, 0.6) is 0 Å². The normalized spacial score (nSPS) is 21.5. The SMILES string of the molecule is CCCCCCCCCCCCCCCCCCCCCCCCNC(=S)NC(COC1C=CCCC(O)C(O)C1O)C(O)CC(O)CC. The van der Waals surface area contributed by atoms with Crippen LogP contribution in [0.1, 0.15) is 181 Å². The lowest BCUT2D eigenvalue weighted by Gasteiger charge is -2.32. The van der Waals surface area contributed by atoms with Gasteiger partial charge in [0.2, 0.25) is 0 Å². The summed E-state index contributed by atoms with van der Waals surface area (Å²) in [7, 11) is 0. The van der Waals surface area contributed by atoms with Crippen molar-refractivity contribution in [3.63, 3.8) is 0 Å². The standard InChI is InChI=1S/C40H78N2O6S/c1-3-5-6-7-8-9-10-11-12-13-14-15-16-17-18-19-20-21-22-23-24-27-30-41-40(49)42-34(36(45)31-33(43)4-2)32-48-37-29-26-25-28-35(44)38(46)39(37)47/h26,29,33-39,43-47H,3-25,27-28,30-32H2,1-2H3,(H2,41,42,49). The van der Waals surface area contributed by atoms with E-state index in [2.05, 4.69) is 17.6 Å². The molecule has 1 rings (SSSR count). The highest BCUT2D eigenvalue weighted by atomic mass is 32.1. The monoisotopic (exact) mass is 715 g/mol. The quantitative estimate of drug-likeness (QED) is 0.0219. The van der Waals surface area contributed by atoms with Gasteiger partial charge in [0.1, 0.15) is 18.3 Å². The van der Waals surface area contributed by atoms with Crippen LogP contribution in [0.2, 0.25) is 0 Å². The fourth-order valence-corrected chi connectivity index (χ4v) is 6.84. The molecule has 0 bridgehead atoms. The number of hydrogen-bond acceptors (Lipinski definition) is 7. The average Bonchev–Trinajstić information content (AvgIpc) is 3.09. The number of aliphatic hydroxyl groups is 5. The van der Waals surface area contributed by atoms with Crippen LogP contribution in [-0.2, 0) is 4.74 Å². The molecule has 0 radical (unpaired) electrons. The van der Waals surface area contributed by atoms with Gasteiger partial charge in [-0.2, -0.15) is 0 Å². The number of thiocarbonyl (C=S) groups is 1. The molecule has 0 aromatic carbocycles. The summed E-state index contributed by atoms with van der Waals surface area (Å²) in [5.41, 5.74) is 0. The van der Waals surface area contributed by atoms with Gasteiger partial charge in [-0.25, -0.2) is 0 Å². The highest BCUT2D eigenvalue weighted by molar-refractivity contribution is 7.80. The first-order valence-electron chi connectivity index (χ1n) is 20.5. The number of nitrogens with one attached hydrogen (secondary N) is 2. The maximum atomic E-state index is 10.8. The smallest absolute Gasteiger partial charge is 0.166 e. The van der Waals surface area contributed by atoms with Crippen molar-refractivity contribution >= 4 is 17.3 Å². The molecule has 1 aliphatic carbocycles. The predicted octanol–water partition coefficient (Wildman–Crippen LogP) is 7.76. The van der Waals surface area contributed by atoms with Crippen molar-refractivity contribution < 1.29 is 30.3 Å². The minimum Gasteiger partial charge on any atom is -0.393 e. The maximum Gasteiger partial charge on any atom is 0.166 e. The molecule has 290 valence electrons. The van der Waals surface area contributed by atoms with Gasteiger partial charge in [-0.1, -0.05) is 161 Å². The van der Waals surface area contributed by atoms with Crippen molar-refractivity contribution in [1.82, 2.24) is 10.6 Å². The van der Waals surface area contributed by atoms with Crippen molar-refractivity contribution in [2.24, 2.45) is 0 Å². The zero-order valence-electron chi connectivity index (χ0n) is 31.5. The van der Waals surface area contributed by atoms with Crippen LogP contribution in [-0.4, -0.2) is 86.5 Å². The first kappa shape index (κ1) is 46.2. The Morgan fingerprint density at radius 3 is 1.65 bits per heavy atom. The summed E-state index contributed by atoms with van der Waals surface area (Å²) in [5.74, 6) is 0. The van der Waals surface area contributed by atoms with E-state index in [1.54, 1.807) is 6.08 Å². The molecule has 7 unspecified atom stereocenters. The second-order valence-corrected chi connectivity index (χ2v) is 15.1. The fourth-order valence-electron chi connectivity index (χ4n) is 6.59. The second-order valence-electron chi connectivity index (χ2n) is 14.6. The van der Waals surface area contributed by atoms with Crippen LogP contribution in [0.4, 0.5) is 0 Å². The van der Waals surface area contributed by atoms with Crippen LogP contribution >= 0.6 is 12.2 Å². The molecule has 8 nitrogen and oxygen atoms in total. The Kier molecular flexibility index (Phi) is 30.1.